The van der Waals surface area contributed by atoms with Crippen LogP contribution in [-0.2, 0) is 21.1 Å². The Morgan fingerprint density at radius 2 is 2.20 bits per heavy atom. The summed E-state index contributed by atoms with van der Waals surface area (Å²) in [6.07, 6.45) is -0.640. The quantitative estimate of drug-likeness (QED) is 0.478. The maximum atomic E-state index is 8.12. The van der Waals surface area contributed by atoms with Gasteiger partial charge in [-0.1, -0.05) is 0 Å². The van der Waals surface area contributed by atoms with Crippen molar-refractivity contribution >= 4 is 0 Å². The summed E-state index contributed by atoms with van der Waals surface area (Å²) in [5, 5.41) is 8.12. The standard InChI is InChI=1S/C2H6NO.Au/c1-2(3)4;/h2,4H,1,3H2;. The van der Waals surface area contributed by atoms with Gasteiger partial charge in [0.1, 0.15) is 0 Å². The second-order valence-electron chi connectivity index (χ2n) is 0.690. The molecule has 2 nitrogen and oxygen atoms in total. The van der Waals surface area contributed by atoms with Gasteiger partial charge in [-0.2, -0.15) is 0 Å². The number of aliphatic hydroxyl groups is 1. The summed E-state index contributed by atoms with van der Waals surface area (Å²) < 4.78 is 0.583. The number of aliphatic hydroxyl groups excluding tert-OH is 1. The molecule has 0 rings (SSSR count). The molecule has 0 aromatic rings. The van der Waals surface area contributed by atoms with E-state index in [0.29, 0.717) is 4.64 Å². The first-order valence-corrected chi connectivity index (χ1v) is 2.74. The molecule has 0 amide bonds. The third-order valence-electron chi connectivity index (χ3n) is 0.126. The fourth-order valence-corrected chi connectivity index (χ4v) is 0. The van der Waals surface area contributed by atoms with E-state index in [1.54, 1.807) is 0 Å². The van der Waals surface area contributed by atoms with Crippen molar-refractivity contribution in [1.82, 2.24) is 0 Å². The van der Waals surface area contributed by atoms with E-state index in [1.807, 2.05) is 0 Å². The molecule has 5 heavy (non-hydrogen) atoms. The number of rotatable bonds is 1. The van der Waals surface area contributed by atoms with Gasteiger partial charge in [0, 0.05) is 0 Å². The molecule has 3 N–H and O–H groups in total. The first-order chi connectivity index (χ1) is 2.27. The van der Waals surface area contributed by atoms with Crippen molar-refractivity contribution in [3.05, 3.63) is 0 Å². The molecular weight excluding hydrogens is 251 g/mol. The van der Waals surface area contributed by atoms with Crippen LogP contribution in [0.5, 0.6) is 0 Å². The van der Waals surface area contributed by atoms with Crippen LogP contribution in [0.15, 0.2) is 0 Å². The van der Waals surface area contributed by atoms with Crippen molar-refractivity contribution < 1.29 is 26.2 Å². The van der Waals surface area contributed by atoms with Gasteiger partial charge in [-0.3, -0.25) is 0 Å². The van der Waals surface area contributed by atoms with Gasteiger partial charge in [0.15, 0.2) is 0 Å². The van der Waals surface area contributed by atoms with Gasteiger partial charge in [0.2, 0.25) is 0 Å². The van der Waals surface area contributed by atoms with E-state index in [4.69, 9.17) is 10.8 Å². The Morgan fingerprint density at radius 3 is 2.20 bits per heavy atom. The van der Waals surface area contributed by atoms with E-state index in [0.717, 1.165) is 0 Å². The van der Waals surface area contributed by atoms with Crippen LogP contribution in [0.1, 0.15) is 0 Å². The molecule has 0 saturated carbocycles. The van der Waals surface area contributed by atoms with Gasteiger partial charge in [0.25, 0.3) is 0 Å². The number of nitrogens with two attached hydrogens (primary N) is 1. The Labute approximate surface area is 43.3 Å². The van der Waals surface area contributed by atoms with Crippen molar-refractivity contribution in [2.45, 2.75) is 10.9 Å². The van der Waals surface area contributed by atoms with E-state index < -0.39 is 6.23 Å². The zero-order valence-electron chi connectivity index (χ0n) is 2.61. The molecule has 0 heterocycles. The average molecular weight is 257 g/mol. The average Bonchev–Trinajstić information content (AvgIpc) is 1.38. The summed E-state index contributed by atoms with van der Waals surface area (Å²) in [7, 11) is 0. The molecule has 0 aromatic carbocycles. The van der Waals surface area contributed by atoms with Crippen molar-refractivity contribution in [1.29, 1.82) is 0 Å². The predicted molar refractivity (Wildman–Crippen MR) is 15.0 cm³/mol. The third kappa shape index (κ3) is 4.66. The van der Waals surface area contributed by atoms with Crippen LogP contribution in [0.2, 0.25) is 4.64 Å². The predicted octanol–water partition coefficient (Wildman–Crippen LogP) is -0.771. The van der Waals surface area contributed by atoms with Gasteiger partial charge in [-0.25, -0.2) is 0 Å². The minimum atomic E-state index is -0.640. The zero-order chi connectivity index (χ0) is 4.28. The topological polar surface area (TPSA) is 46.2 Å². The van der Waals surface area contributed by atoms with Crippen LogP contribution in [0.25, 0.3) is 0 Å². The molecule has 0 bridgehead atoms. The molecule has 0 fully saturated rings. The van der Waals surface area contributed by atoms with Gasteiger partial charge >= 0.3 is 42.8 Å². The van der Waals surface area contributed by atoms with Crippen LogP contribution < -0.4 is 5.73 Å². The van der Waals surface area contributed by atoms with E-state index >= 15 is 0 Å². The van der Waals surface area contributed by atoms with Crippen molar-refractivity contribution in [2.75, 3.05) is 0 Å². The second-order valence-corrected chi connectivity index (χ2v) is 1.57. The number of hydrogen-bond acceptors (Lipinski definition) is 2. The van der Waals surface area contributed by atoms with E-state index in [1.165, 1.54) is 0 Å². The Hall–Kier alpha value is 0.660. The van der Waals surface area contributed by atoms with Gasteiger partial charge < -0.3 is 0 Å². The molecule has 3 heteroatoms. The Bertz CT molecular complexity index is 23.6. The fourth-order valence-electron chi connectivity index (χ4n) is 0. The molecular formula is C2H6AuNO. The van der Waals surface area contributed by atoms with Crippen LogP contribution in [0.4, 0.5) is 0 Å². The van der Waals surface area contributed by atoms with E-state index in [-0.39, 0.29) is 0 Å². The maximum absolute atomic E-state index is 8.12. The Balaban J connectivity index is 2.54. The molecule has 0 aliphatic carbocycles. The van der Waals surface area contributed by atoms with Crippen LogP contribution >= 0.6 is 0 Å². The summed E-state index contributed by atoms with van der Waals surface area (Å²) in [5.41, 5.74) is 4.83. The molecule has 0 saturated heterocycles. The molecule has 0 radical (unpaired) electrons. The normalized spacial score (nSPS) is 15.2. The minimum absolute atomic E-state index is 0.583. The molecule has 0 spiro atoms. The van der Waals surface area contributed by atoms with Gasteiger partial charge in [0.05, 0.1) is 0 Å². The Kier molecular flexibility index (Phi) is 3.25. The summed E-state index contributed by atoms with van der Waals surface area (Å²) in [5.74, 6) is 0. The van der Waals surface area contributed by atoms with Gasteiger partial charge in [-0.15, -0.1) is 0 Å². The van der Waals surface area contributed by atoms with Crippen molar-refractivity contribution in [3.63, 3.8) is 0 Å². The monoisotopic (exact) mass is 257 g/mol. The van der Waals surface area contributed by atoms with E-state index in [9.17, 15) is 0 Å². The molecule has 36 valence electrons. The summed E-state index contributed by atoms with van der Waals surface area (Å²) in [6, 6.07) is 0. The summed E-state index contributed by atoms with van der Waals surface area (Å²) >= 11 is 2.15. The molecule has 0 aliphatic heterocycles. The fraction of sp³-hybridized carbons (Fsp3) is 1.00. The van der Waals surface area contributed by atoms with E-state index in [2.05, 4.69) is 21.1 Å². The molecule has 1 unspecified atom stereocenters. The molecule has 0 aliphatic rings. The first-order valence-electron chi connectivity index (χ1n) is 1.21. The zero-order valence-corrected chi connectivity index (χ0v) is 4.78. The van der Waals surface area contributed by atoms with Crippen LogP contribution in [-0.4, -0.2) is 11.3 Å². The van der Waals surface area contributed by atoms with Crippen molar-refractivity contribution in [3.8, 4) is 0 Å². The summed E-state index contributed by atoms with van der Waals surface area (Å²) in [6.45, 7) is 0. The molecule has 0 aromatic heterocycles. The number of hydrogen-bond donors (Lipinski definition) is 2. The summed E-state index contributed by atoms with van der Waals surface area (Å²) in [4.78, 5) is 0. The molecule has 1 atom stereocenters. The van der Waals surface area contributed by atoms with Crippen LogP contribution in [0, 0.1) is 0 Å². The van der Waals surface area contributed by atoms with Crippen molar-refractivity contribution in [2.24, 2.45) is 5.73 Å². The van der Waals surface area contributed by atoms with Gasteiger partial charge in [-0.05, 0) is 0 Å². The Morgan fingerprint density at radius 1 is 2.00 bits per heavy atom. The third-order valence-corrected chi connectivity index (χ3v) is 1.03. The first kappa shape index (κ1) is 5.66. The SMILES string of the molecule is NC(O)[CH2][Au]. The second kappa shape index (κ2) is 2.87. The van der Waals surface area contributed by atoms with Crippen LogP contribution in [0.3, 0.4) is 0 Å².